The first-order valence-electron chi connectivity index (χ1n) is 9.15. The van der Waals surface area contributed by atoms with Gasteiger partial charge in [0, 0.05) is 38.4 Å². The second-order valence-electron chi connectivity index (χ2n) is 6.53. The Kier molecular flexibility index (Phi) is 10.2. The Morgan fingerprint density at radius 1 is 0.929 bits per heavy atom. The second kappa shape index (κ2) is 11.8. The van der Waals surface area contributed by atoms with Crippen LogP contribution in [0.2, 0.25) is 0 Å². The summed E-state index contributed by atoms with van der Waals surface area (Å²) in [6.07, 6.45) is 2.96. The van der Waals surface area contributed by atoms with E-state index in [0.29, 0.717) is 0 Å². The lowest BCUT2D eigenvalue weighted by molar-refractivity contribution is 0.261. The van der Waals surface area contributed by atoms with E-state index in [9.17, 15) is 0 Å². The maximum absolute atomic E-state index is 5.40. The number of nitrogens with zero attached hydrogens (tertiary/aromatic N) is 2. The van der Waals surface area contributed by atoms with Crippen LogP contribution >= 0.6 is 24.8 Å². The third kappa shape index (κ3) is 5.81. The molecule has 2 aromatic rings. The summed E-state index contributed by atoms with van der Waals surface area (Å²) >= 11 is 0. The number of halogens is 2. The normalized spacial score (nSPS) is 13.9. The van der Waals surface area contributed by atoms with Crippen LogP contribution in [0.4, 0.5) is 5.69 Å². The monoisotopic (exact) mass is 424 g/mol. The summed E-state index contributed by atoms with van der Waals surface area (Å²) < 4.78 is 10.7. The van der Waals surface area contributed by atoms with Gasteiger partial charge in [-0.2, -0.15) is 0 Å². The number of rotatable bonds is 7. The number of ether oxygens (including phenoxy) is 2. The predicted molar refractivity (Wildman–Crippen MR) is 123 cm³/mol. The molecule has 4 nitrogen and oxygen atoms in total. The van der Waals surface area contributed by atoms with Gasteiger partial charge in [-0.1, -0.05) is 36.9 Å². The zero-order valence-corrected chi connectivity index (χ0v) is 18.2. The highest BCUT2D eigenvalue weighted by atomic mass is 35.5. The first-order valence-corrected chi connectivity index (χ1v) is 9.15. The van der Waals surface area contributed by atoms with Crippen LogP contribution in [0.3, 0.4) is 0 Å². The number of para-hydroxylation sites is 1. The van der Waals surface area contributed by atoms with Gasteiger partial charge in [-0.05, 0) is 35.7 Å². The number of hydrogen-bond donors (Lipinski definition) is 0. The molecule has 1 aliphatic heterocycles. The predicted octanol–water partition coefficient (Wildman–Crippen LogP) is 4.56. The summed E-state index contributed by atoms with van der Waals surface area (Å²) in [5, 5.41) is 0. The SMILES string of the molecule is C=Cc1ccccc1N1CCN(CCc2ccc(OC)c(OC)c2)CC1.Cl.Cl. The van der Waals surface area contributed by atoms with Crippen LogP contribution in [0, 0.1) is 0 Å². The Morgan fingerprint density at radius 3 is 2.25 bits per heavy atom. The molecule has 0 amide bonds. The van der Waals surface area contributed by atoms with Crippen LogP contribution in [-0.2, 0) is 6.42 Å². The van der Waals surface area contributed by atoms with Gasteiger partial charge in [0.05, 0.1) is 14.2 Å². The average Bonchev–Trinajstić information content (AvgIpc) is 2.72. The largest absolute Gasteiger partial charge is 0.493 e. The fourth-order valence-corrected chi connectivity index (χ4v) is 3.48. The summed E-state index contributed by atoms with van der Waals surface area (Å²) in [4.78, 5) is 4.99. The molecule has 0 saturated carbocycles. The van der Waals surface area contributed by atoms with Gasteiger partial charge in [-0.3, -0.25) is 4.90 Å². The summed E-state index contributed by atoms with van der Waals surface area (Å²) in [6.45, 7) is 9.27. The Morgan fingerprint density at radius 2 is 1.61 bits per heavy atom. The fourth-order valence-electron chi connectivity index (χ4n) is 3.48. The highest BCUT2D eigenvalue weighted by Crippen LogP contribution is 2.28. The molecule has 2 aromatic carbocycles. The van der Waals surface area contributed by atoms with Gasteiger partial charge in [0.1, 0.15) is 0 Å². The van der Waals surface area contributed by atoms with Gasteiger partial charge in [0.25, 0.3) is 0 Å². The van der Waals surface area contributed by atoms with Crippen LogP contribution in [0.25, 0.3) is 6.08 Å². The van der Waals surface area contributed by atoms with Crippen LogP contribution in [0.15, 0.2) is 49.0 Å². The molecule has 0 unspecified atom stereocenters. The van der Waals surface area contributed by atoms with E-state index < -0.39 is 0 Å². The zero-order valence-electron chi connectivity index (χ0n) is 16.6. The Hall–Kier alpha value is -1.88. The molecule has 0 aromatic heterocycles. The van der Waals surface area contributed by atoms with Crippen LogP contribution in [0.5, 0.6) is 11.5 Å². The Balaban J connectivity index is 0.00000196. The van der Waals surface area contributed by atoms with Crippen molar-refractivity contribution in [1.29, 1.82) is 0 Å². The topological polar surface area (TPSA) is 24.9 Å². The fraction of sp³-hybridized carbons (Fsp3) is 0.364. The van der Waals surface area contributed by atoms with Gasteiger partial charge in [0.2, 0.25) is 0 Å². The van der Waals surface area contributed by atoms with Crippen molar-refractivity contribution in [2.45, 2.75) is 6.42 Å². The average molecular weight is 425 g/mol. The van der Waals surface area contributed by atoms with Gasteiger partial charge < -0.3 is 14.4 Å². The zero-order chi connectivity index (χ0) is 18.4. The number of hydrogen-bond acceptors (Lipinski definition) is 4. The highest BCUT2D eigenvalue weighted by molar-refractivity contribution is 5.85. The van der Waals surface area contributed by atoms with Crippen molar-refractivity contribution in [1.82, 2.24) is 4.90 Å². The van der Waals surface area contributed by atoms with E-state index in [1.165, 1.54) is 16.8 Å². The molecule has 1 aliphatic rings. The molecule has 0 aliphatic carbocycles. The number of benzene rings is 2. The minimum absolute atomic E-state index is 0. The first kappa shape index (κ1) is 24.2. The molecular weight excluding hydrogens is 395 g/mol. The molecule has 3 rings (SSSR count). The van der Waals surface area contributed by atoms with Crippen molar-refractivity contribution in [3.63, 3.8) is 0 Å². The van der Waals surface area contributed by atoms with Crippen LogP contribution in [-0.4, -0.2) is 51.8 Å². The van der Waals surface area contributed by atoms with E-state index in [1.807, 2.05) is 12.1 Å². The van der Waals surface area contributed by atoms with E-state index in [-0.39, 0.29) is 24.8 Å². The number of anilines is 1. The van der Waals surface area contributed by atoms with E-state index in [1.54, 1.807) is 14.2 Å². The summed E-state index contributed by atoms with van der Waals surface area (Å²) in [5.74, 6) is 1.58. The van der Waals surface area contributed by atoms with Crippen molar-refractivity contribution in [3.05, 3.63) is 60.2 Å². The molecule has 1 saturated heterocycles. The van der Waals surface area contributed by atoms with E-state index in [4.69, 9.17) is 9.47 Å². The van der Waals surface area contributed by atoms with Gasteiger partial charge in [-0.15, -0.1) is 24.8 Å². The van der Waals surface area contributed by atoms with Crippen molar-refractivity contribution in [2.24, 2.45) is 0 Å². The van der Waals surface area contributed by atoms with Crippen molar-refractivity contribution in [2.75, 3.05) is 51.8 Å². The lowest BCUT2D eigenvalue weighted by atomic mass is 10.1. The molecule has 28 heavy (non-hydrogen) atoms. The van der Waals surface area contributed by atoms with Gasteiger partial charge >= 0.3 is 0 Å². The first-order chi connectivity index (χ1) is 12.7. The summed E-state index contributed by atoms with van der Waals surface area (Å²) in [7, 11) is 3.35. The van der Waals surface area contributed by atoms with E-state index >= 15 is 0 Å². The second-order valence-corrected chi connectivity index (χ2v) is 6.53. The highest BCUT2D eigenvalue weighted by Gasteiger charge is 2.18. The molecule has 0 radical (unpaired) electrons. The Labute approximate surface area is 180 Å². The molecule has 1 heterocycles. The minimum atomic E-state index is 0. The molecule has 0 spiro atoms. The molecule has 6 heteroatoms. The standard InChI is InChI=1S/C22H28N2O2.2ClH/c1-4-19-7-5-6-8-20(19)24-15-13-23(14-16-24)12-11-18-9-10-21(25-2)22(17-18)26-3;;/h4-10,17H,1,11-16H2,2-3H3;2*1H. The van der Waals surface area contributed by atoms with Gasteiger partial charge in [-0.25, -0.2) is 0 Å². The van der Waals surface area contributed by atoms with E-state index in [0.717, 1.165) is 50.6 Å². The minimum Gasteiger partial charge on any atom is -0.493 e. The molecule has 0 bridgehead atoms. The summed E-state index contributed by atoms with van der Waals surface area (Å²) in [6, 6.07) is 14.7. The molecule has 0 atom stereocenters. The van der Waals surface area contributed by atoms with Crippen LogP contribution < -0.4 is 14.4 Å². The molecular formula is C22H30Cl2N2O2. The Bertz CT molecular complexity index is 747. The van der Waals surface area contributed by atoms with Crippen molar-refractivity contribution in [3.8, 4) is 11.5 Å². The smallest absolute Gasteiger partial charge is 0.160 e. The number of methoxy groups -OCH3 is 2. The lowest BCUT2D eigenvalue weighted by Gasteiger charge is -2.36. The third-order valence-electron chi connectivity index (χ3n) is 5.03. The maximum Gasteiger partial charge on any atom is 0.160 e. The van der Waals surface area contributed by atoms with E-state index in [2.05, 4.69) is 52.8 Å². The molecule has 154 valence electrons. The quantitative estimate of drug-likeness (QED) is 0.650. The summed E-state index contributed by atoms with van der Waals surface area (Å²) in [5.41, 5.74) is 3.79. The van der Waals surface area contributed by atoms with Crippen molar-refractivity contribution >= 4 is 36.6 Å². The van der Waals surface area contributed by atoms with Gasteiger partial charge in [0.15, 0.2) is 11.5 Å². The molecule has 1 fully saturated rings. The lowest BCUT2D eigenvalue weighted by Crippen LogP contribution is -2.47. The van der Waals surface area contributed by atoms with Crippen molar-refractivity contribution < 1.29 is 9.47 Å². The maximum atomic E-state index is 5.40. The number of piperazine rings is 1. The molecule has 0 N–H and O–H groups in total. The third-order valence-corrected chi connectivity index (χ3v) is 5.03. The van der Waals surface area contributed by atoms with Crippen LogP contribution in [0.1, 0.15) is 11.1 Å².